The minimum absolute atomic E-state index is 0.0169. The number of hydrogen-bond donors (Lipinski definition) is 0. The Morgan fingerprint density at radius 1 is 1.21 bits per heavy atom. The van der Waals surface area contributed by atoms with E-state index in [4.69, 9.17) is 11.6 Å². The van der Waals surface area contributed by atoms with Gasteiger partial charge in [-0.05, 0) is 24.3 Å². The van der Waals surface area contributed by atoms with Crippen LogP contribution in [0.3, 0.4) is 0 Å². The summed E-state index contributed by atoms with van der Waals surface area (Å²) in [6.07, 6.45) is 0. The van der Waals surface area contributed by atoms with Gasteiger partial charge in [0.2, 0.25) is 5.12 Å². The summed E-state index contributed by atoms with van der Waals surface area (Å²) in [5.41, 5.74) is -4.56. The second-order valence-corrected chi connectivity index (χ2v) is 3.82. The smallest absolute Gasteiger partial charge is 0.281 e. The number of carbonyl (C=O) groups is 1. The van der Waals surface area contributed by atoms with Gasteiger partial charge in [-0.2, -0.15) is 13.2 Å². The molecule has 0 N–H and O–H groups in total. The highest BCUT2D eigenvalue weighted by atomic mass is 35.5. The zero-order valence-electron chi connectivity index (χ0n) is 6.64. The Bertz CT molecular complexity index is 333. The maximum Gasteiger partial charge on any atom is 0.449 e. The molecule has 0 aliphatic heterocycles. The van der Waals surface area contributed by atoms with Gasteiger partial charge in [0.1, 0.15) is 0 Å². The molecule has 0 bridgehead atoms. The molecule has 0 aliphatic carbocycles. The van der Waals surface area contributed by atoms with Gasteiger partial charge in [0.15, 0.2) is 0 Å². The molecule has 1 nitrogen and oxygen atoms in total. The molecule has 76 valence electrons. The lowest BCUT2D eigenvalue weighted by molar-refractivity contribution is -0.0322. The van der Waals surface area contributed by atoms with Gasteiger partial charge < -0.3 is 0 Å². The Morgan fingerprint density at radius 3 is 2.14 bits per heavy atom. The Labute approximate surface area is 87.2 Å². The number of benzene rings is 1. The van der Waals surface area contributed by atoms with Crippen molar-refractivity contribution in [3.8, 4) is 0 Å². The van der Waals surface area contributed by atoms with Crippen molar-refractivity contribution < 1.29 is 18.0 Å². The standard InChI is InChI=1S/C8H4ClF3OS/c9-6-3-1-5(2-4-6)7(13)14-8(10,11)12/h1-4H. The van der Waals surface area contributed by atoms with Crippen LogP contribution in [0.4, 0.5) is 13.2 Å². The zero-order chi connectivity index (χ0) is 10.8. The average molecular weight is 241 g/mol. The van der Waals surface area contributed by atoms with E-state index in [2.05, 4.69) is 0 Å². The summed E-state index contributed by atoms with van der Waals surface area (Å²) >= 11 is 4.84. The Morgan fingerprint density at radius 2 is 1.71 bits per heavy atom. The van der Waals surface area contributed by atoms with Crippen molar-refractivity contribution in [2.75, 3.05) is 0 Å². The van der Waals surface area contributed by atoms with Gasteiger partial charge in [0.05, 0.1) is 0 Å². The second kappa shape index (κ2) is 4.23. The highest BCUT2D eigenvalue weighted by Gasteiger charge is 2.33. The van der Waals surface area contributed by atoms with E-state index in [9.17, 15) is 18.0 Å². The molecule has 1 aromatic rings. The Hall–Kier alpha value is -0.680. The van der Waals surface area contributed by atoms with Crippen LogP contribution >= 0.6 is 23.4 Å². The van der Waals surface area contributed by atoms with Crippen LogP contribution in [0.1, 0.15) is 10.4 Å². The van der Waals surface area contributed by atoms with Crippen molar-refractivity contribution in [2.45, 2.75) is 5.51 Å². The molecule has 0 radical (unpaired) electrons. The van der Waals surface area contributed by atoms with Gasteiger partial charge in [-0.25, -0.2) is 0 Å². The molecule has 0 heterocycles. The lowest BCUT2D eigenvalue weighted by atomic mass is 10.2. The summed E-state index contributed by atoms with van der Waals surface area (Å²) in [6.45, 7) is 0. The molecule has 0 amide bonds. The fourth-order valence-electron chi connectivity index (χ4n) is 0.750. The maximum atomic E-state index is 11.8. The van der Waals surface area contributed by atoms with E-state index in [0.29, 0.717) is 5.02 Å². The van der Waals surface area contributed by atoms with Crippen LogP contribution < -0.4 is 0 Å². The first kappa shape index (κ1) is 11.4. The first-order chi connectivity index (χ1) is 6.38. The molecule has 1 aromatic carbocycles. The van der Waals surface area contributed by atoms with Crippen LogP contribution in [0.15, 0.2) is 24.3 Å². The summed E-state index contributed by atoms with van der Waals surface area (Å²) in [4.78, 5) is 11.0. The number of halogens is 4. The van der Waals surface area contributed by atoms with Crippen molar-refractivity contribution in [3.05, 3.63) is 34.9 Å². The van der Waals surface area contributed by atoms with E-state index in [1.165, 1.54) is 24.3 Å². The molecule has 0 spiro atoms. The fourth-order valence-corrected chi connectivity index (χ4v) is 1.34. The Balaban J connectivity index is 2.76. The lowest BCUT2D eigenvalue weighted by Crippen LogP contribution is -2.06. The molecule has 0 aliphatic rings. The first-order valence-electron chi connectivity index (χ1n) is 3.44. The third-order valence-electron chi connectivity index (χ3n) is 1.29. The Kier molecular flexibility index (Phi) is 3.44. The number of alkyl halides is 3. The number of thioether (sulfide) groups is 1. The molecule has 1 rings (SSSR count). The van der Waals surface area contributed by atoms with Crippen molar-refractivity contribution in [2.24, 2.45) is 0 Å². The van der Waals surface area contributed by atoms with Gasteiger partial charge in [-0.15, -0.1) is 0 Å². The third-order valence-corrected chi connectivity index (χ3v) is 2.19. The van der Waals surface area contributed by atoms with Gasteiger partial charge in [0, 0.05) is 22.3 Å². The van der Waals surface area contributed by atoms with Crippen molar-refractivity contribution >= 4 is 28.5 Å². The van der Waals surface area contributed by atoms with Gasteiger partial charge >= 0.3 is 5.51 Å². The third kappa shape index (κ3) is 3.59. The number of hydrogen-bond acceptors (Lipinski definition) is 2. The molecule has 0 saturated heterocycles. The van der Waals surface area contributed by atoms with Crippen molar-refractivity contribution in [1.82, 2.24) is 0 Å². The molecule has 0 saturated carbocycles. The minimum atomic E-state index is -4.54. The zero-order valence-corrected chi connectivity index (χ0v) is 8.21. The van der Waals surface area contributed by atoms with Crippen LogP contribution in [-0.2, 0) is 0 Å². The van der Waals surface area contributed by atoms with E-state index in [0.717, 1.165) is 0 Å². The monoisotopic (exact) mass is 240 g/mol. The number of rotatable bonds is 1. The largest absolute Gasteiger partial charge is 0.449 e. The summed E-state index contributed by atoms with van der Waals surface area (Å²) in [7, 11) is 0. The minimum Gasteiger partial charge on any atom is -0.281 e. The summed E-state index contributed by atoms with van der Waals surface area (Å²) in [5, 5.41) is -0.660. The highest BCUT2D eigenvalue weighted by molar-refractivity contribution is 8.14. The van der Waals surface area contributed by atoms with Crippen LogP contribution in [0.5, 0.6) is 0 Å². The fraction of sp³-hybridized carbons (Fsp3) is 0.125. The number of carbonyl (C=O) groups excluding carboxylic acids is 1. The van der Waals surface area contributed by atoms with Crippen LogP contribution in [-0.4, -0.2) is 10.6 Å². The summed E-state index contributed by atoms with van der Waals surface area (Å²) in [5.74, 6) is 0. The van der Waals surface area contributed by atoms with E-state index >= 15 is 0 Å². The molecule has 0 aromatic heterocycles. The van der Waals surface area contributed by atoms with Crippen molar-refractivity contribution in [1.29, 1.82) is 0 Å². The second-order valence-electron chi connectivity index (χ2n) is 2.34. The maximum absolute atomic E-state index is 11.8. The van der Waals surface area contributed by atoms with Gasteiger partial charge in [-0.3, -0.25) is 4.79 Å². The molecule has 0 unspecified atom stereocenters. The topological polar surface area (TPSA) is 17.1 Å². The van der Waals surface area contributed by atoms with Gasteiger partial charge in [0.25, 0.3) is 0 Å². The predicted octanol–water partition coefficient (Wildman–Crippen LogP) is 3.73. The van der Waals surface area contributed by atoms with E-state index < -0.39 is 22.4 Å². The average Bonchev–Trinajstić information content (AvgIpc) is 2.02. The lowest BCUT2D eigenvalue weighted by Gasteiger charge is -2.03. The van der Waals surface area contributed by atoms with Crippen LogP contribution in [0.2, 0.25) is 5.02 Å². The first-order valence-corrected chi connectivity index (χ1v) is 4.63. The van der Waals surface area contributed by atoms with Crippen LogP contribution in [0, 0.1) is 0 Å². The summed E-state index contributed by atoms with van der Waals surface area (Å²) in [6, 6.07) is 5.24. The highest BCUT2D eigenvalue weighted by Crippen LogP contribution is 2.33. The SMILES string of the molecule is O=C(SC(F)(F)F)c1ccc(Cl)cc1. The van der Waals surface area contributed by atoms with Crippen molar-refractivity contribution in [3.63, 3.8) is 0 Å². The molecular formula is C8H4ClF3OS. The molecule has 6 heteroatoms. The quantitative estimate of drug-likeness (QED) is 0.744. The summed E-state index contributed by atoms with van der Waals surface area (Å²) < 4.78 is 35.4. The van der Waals surface area contributed by atoms with Gasteiger partial charge in [-0.1, -0.05) is 11.6 Å². The van der Waals surface area contributed by atoms with E-state index in [-0.39, 0.29) is 5.56 Å². The molecule has 0 fully saturated rings. The molecule has 0 atom stereocenters. The normalized spacial score (nSPS) is 11.4. The van der Waals surface area contributed by atoms with E-state index in [1.807, 2.05) is 0 Å². The van der Waals surface area contributed by atoms with Crippen LogP contribution in [0.25, 0.3) is 0 Å². The van der Waals surface area contributed by atoms with E-state index in [1.54, 1.807) is 0 Å². The predicted molar refractivity (Wildman–Crippen MR) is 49.4 cm³/mol. The molecular weight excluding hydrogens is 237 g/mol. The molecule has 14 heavy (non-hydrogen) atoms.